The molecule has 28 heavy (non-hydrogen) atoms. The highest BCUT2D eigenvalue weighted by Crippen LogP contribution is 2.31. The highest BCUT2D eigenvalue weighted by atomic mass is 16.5. The van der Waals surface area contributed by atoms with Gasteiger partial charge in [-0.3, -0.25) is 0 Å². The Morgan fingerprint density at radius 1 is 1.07 bits per heavy atom. The molecule has 0 spiro atoms. The Morgan fingerprint density at radius 3 is 2.68 bits per heavy atom. The van der Waals surface area contributed by atoms with Crippen LogP contribution in [-0.2, 0) is 0 Å². The van der Waals surface area contributed by atoms with Crippen molar-refractivity contribution in [3.63, 3.8) is 0 Å². The van der Waals surface area contributed by atoms with Gasteiger partial charge in [-0.1, -0.05) is 0 Å². The van der Waals surface area contributed by atoms with Crippen LogP contribution in [0.15, 0.2) is 18.5 Å². The summed E-state index contributed by atoms with van der Waals surface area (Å²) in [6.07, 6.45) is 3.46. The summed E-state index contributed by atoms with van der Waals surface area (Å²) in [6, 6.07) is 3.68. The second-order valence-corrected chi connectivity index (χ2v) is 7.08. The Kier molecular flexibility index (Phi) is 3.85. The Hall–Kier alpha value is -3.30. The maximum atomic E-state index is 5.25. The molecule has 0 unspecified atom stereocenters. The molecule has 1 saturated heterocycles. The van der Waals surface area contributed by atoms with Crippen molar-refractivity contribution in [2.45, 2.75) is 32.6 Å². The number of methoxy groups -OCH3 is 1. The molecule has 5 rings (SSSR count). The molecule has 10 heteroatoms. The van der Waals surface area contributed by atoms with E-state index in [0.717, 1.165) is 54.5 Å². The van der Waals surface area contributed by atoms with Gasteiger partial charge in [0.2, 0.25) is 5.88 Å². The maximum absolute atomic E-state index is 5.25. The Balaban J connectivity index is 1.43. The van der Waals surface area contributed by atoms with E-state index in [9.17, 15) is 0 Å². The van der Waals surface area contributed by atoms with Crippen LogP contribution >= 0.6 is 0 Å². The van der Waals surface area contributed by atoms with Crippen molar-refractivity contribution in [1.82, 2.24) is 39.4 Å². The second-order valence-electron chi connectivity index (χ2n) is 7.08. The van der Waals surface area contributed by atoms with E-state index in [0.29, 0.717) is 17.6 Å². The fourth-order valence-electron chi connectivity index (χ4n) is 3.89. The monoisotopic (exact) mass is 379 g/mol. The number of hydrogen-bond donors (Lipinski definition) is 0. The average molecular weight is 379 g/mol. The van der Waals surface area contributed by atoms with Crippen LogP contribution in [0, 0.1) is 13.8 Å². The quantitative estimate of drug-likeness (QED) is 0.529. The van der Waals surface area contributed by atoms with Crippen molar-refractivity contribution >= 4 is 17.2 Å². The summed E-state index contributed by atoms with van der Waals surface area (Å²) in [5.74, 6) is 3.45. The summed E-state index contributed by atoms with van der Waals surface area (Å²) in [7, 11) is 1.61. The van der Waals surface area contributed by atoms with Gasteiger partial charge in [-0.15, -0.1) is 15.3 Å². The first kappa shape index (κ1) is 16.8. The first-order valence-electron chi connectivity index (χ1n) is 9.34. The molecule has 0 aliphatic carbocycles. The molecule has 0 N–H and O–H groups in total. The largest absolute Gasteiger partial charge is 0.480 e. The summed E-state index contributed by atoms with van der Waals surface area (Å²) in [5.41, 5.74) is 2.86. The zero-order chi connectivity index (χ0) is 19.3. The van der Waals surface area contributed by atoms with Gasteiger partial charge in [-0.25, -0.2) is 4.98 Å². The molecular formula is C18H21N9O. The maximum Gasteiger partial charge on any atom is 0.254 e. The molecule has 4 aromatic rings. The van der Waals surface area contributed by atoms with E-state index in [1.807, 2.05) is 17.5 Å². The van der Waals surface area contributed by atoms with Crippen molar-refractivity contribution in [2.75, 3.05) is 25.1 Å². The number of rotatable bonds is 3. The van der Waals surface area contributed by atoms with Crippen LogP contribution in [-0.4, -0.2) is 59.6 Å². The minimum absolute atomic E-state index is 0.292. The molecule has 0 atom stereocenters. The van der Waals surface area contributed by atoms with E-state index in [1.165, 1.54) is 0 Å². The first-order chi connectivity index (χ1) is 13.7. The number of aryl methyl sites for hydroxylation is 1. The van der Waals surface area contributed by atoms with Gasteiger partial charge in [0.1, 0.15) is 12.1 Å². The third-order valence-corrected chi connectivity index (χ3v) is 5.51. The van der Waals surface area contributed by atoms with Crippen molar-refractivity contribution in [1.29, 1.82) is 0 Å². The molecule has 0 radical (unpaired) electrons. The number of aromatic nitrogens is 8. The number of hydrogen-bond acceptors (Lipinski definition) is 8. The molecule has 144 valence electrons. The smallest absolute Gasteiger partial charge is 0.254 e. The number of nitrogens with zero attached hydrogens (tertiary/aromatic N) is 9. The number of anilines is 1. The SMILES string of the molecule is COc1ccc2nnc(C3CCN(c4c(C)c(C)nc5ncnn45)CC3)n2n1. The van der Waals surface area contributed by atoms with Gasteiger partial charge in [0.15, 0.2) is 11.5 Å². The van der Waals surface area contributed by atoms with Crippen LogP contribution in [0.4, 0.5) is 5.82 Å². The van der Waals surface area contributed by atoms with Crippen LogP contribution < -0.4 is 9.64 Å². The zero-order valence-corrected chi connectivity index (χ0v) is 16.1. The number of fused-ring (bicyclic) bond motifs is 2. The van der Waals surface area contributed by atoms with Gasteiger partial charge in [0.05, 0.1) is 7.11 Å². The first-order valence-corrected chi connectivity index (χ1v) is 9.34. The summed E-state index contributed by atoms with van der Waals surface area (Å²) >= 11 is 0. The Bertz CT molecular complexity index is 1160. The fourth-order valence-corrected chi connectivity index (χ4v) is 3.89. The lowest BCUT2D eigenvalue weighted by Crippen LogP contribution is -2.35. The third kappa shape index (κ3) is 2.55. The molecule has 0 saturated carbocycles. The minimum atomic E-state index is 0.292. The van der Waals surface area contributed by atoms with Crippen LogP contribution in [0.1, 0.15) is 35.8 Å². The van der Waals surface area contributed by atoms with Gasteiger partial charge in [0.25, 0.3) is 5.78 Å². The molecule has 0 bridgehead atoms. The molecule has 10 nitrogen and oxygen atoms in total. The standard InChI is InChI=1S/C18H21N9O/c1-11-12(2)21-18-19-10-20-27(18)17(11)25-8-6-13(7-9-25)16-23-22-14-4-5-15(28-3)24-26(14)16/h4-5,10,13H,6-9H2,1-3H3. The van der Waals surface area contributed by atoms with Gasteiger partial charge >= 0.3 is 0 Å². The average Bonchev–Trinajstić information content (AvgIpc) is 3.35. The fraction of sp³-hybridized carbons (Fsp3) is 0.444. The van der Waals surface area contributed by atoms with Gasteiger partial charge < -0.3 is 9.64 Å². The topological polar surface area (TPSA) is 98.6 Å². The van der Waals surface area contributed by atoms with E-state index in [1.54, 1.807) is 24.0 Å². The van der Waals surface area contributed by atoms with E-state index < -0.39 is 0 Å². The van der Waals surface area contributed by atoms with Crippen LogP contribution in [0.3, 0.4) is 0 Å². The number of piperidine rings is 1. The van der Waals surface area contributed by atoms with E-state index >= 15 is 0 Å². The predicted octanol–water partition coefficient (Wildman–Crippen LogP) is 1.57. The van der Waals surface area contributed by atoms with Crippen molar-refractivity contribution in [2.24, 2.45) is 0 Å². The van der Waals surface area contributed by atoms with Gasteiger partial charge in [-0.05, 0) is 32.8 Å². The van der Waals surface area contributed by atoms with Crippen molar-refractivity contribution < 1.29 is 4.74 Å². The van der Waals surface area contributed by atoms with E-state index in [-0.39, 0.29) is 0 Å². The molecule has 5 heterocycles. The lowest BCUT2D eigenvalue weighted by molar-refractivity contribution is 0.386. The molecule has 1 aliphatic rings. The highest BCUT2D eigenvalue weighted by Gasteiger charge is 2.28. The van der Waals surface area contributed by atoms with Gasteiger partial charge in [0, 0.05) is 36.3 Å². The minimum Gasteiger partial charge on any atom is -0.480 e. The van der Waals surface area contributed by atoms with Crippen LogP contribution in [0.25, 0.3) is 11.4 Å². The molecule has 4 aromatic heterocycles. The predicted molar refractivity (Wildman–Crippen MR) is 102 cm³/mol. The normalized spacial score (nSPS) is 15.6. The van der Waals surface area contributed by atoms with Crippen molar-refractivity contribution in [3.8, 4) is 5.88 Å². The number of ether oxygens (including phenoxy) is 1. The molecule has 1 fully saturated rings. The molecular weight excluding hydrogens is 358 g/mol. The summed E-state index contributed by atoms with van der Waals surface area (Å²) in [4.78, 5) is 11.1. The third-order valence-electron chi connectivity index (χ3n) is 5.51. The zero-order valence-electron chi connectivity index (χ0n) is 16.1. The Labute approximate surface area is 161 Å². The van der Waals surface area contributed by atoms with Crippen LogP contribution in [0.2, 0.25) is 0 Å². The highest BCUT2D eigenvalue weighted by molar-refractivity contribution is 5.54. The van der Waals surface area contributed by atoms with Crippen molar-refractivity contribution in [3.05, 3.63) is 35.5 Å². The van der Waals surface area contributed by atoms with E-state index in [2.05, 4.69) is 42.2 Å². The van der Waals surface area contributed by atoms with E-state index in [4.69, 9.17) is 4.74 Å². The molecule has 1 aliphatic heterocycles. The van der Waals surface area contributed by atoms with Gasteiger partial charge in [-0.2, -0.15) is 19.1 Å². The summed E-state index contributed by atoms with van der Waals surface area (Å²) in [5, 5.41) is 17.5. The second kappa shape index (κ2) is 6.39. The molecule has 0 aromatic carbocycles. The lowest BCUT2D eigenvalue weighted by atomic mass is 9.96. The summed E-state index contributed by atoms with van der Waals surface area (Å²) in [6.45, 7) is 5.89. The Morgan fingerprint density at radius 2 is 1.89 bits per heavy atom. The lowest BCUT2D eigenvalue weighted by Gasteiger charge is -2.33. The molecule has 0 amide bonds. The van der Waals surface area contributed by atoms with Crippen LogP contribution in [0.5, 0.6) is 5.88 Å². The summed E-state index contributed by atoms with van der Waals surface area (Å²) < 4.78 is 8.89.